The molecule has 64 heavy (non-hydrogen) atoms. The lowest BCUT2D eigenvalue weighted by Gasteiger charge is -2.38. The van der Waals surface area contributed by atoms with Gasteiger partial charge in [0, 0.05) is 43.6 Å². The highest BCUT2D eigenvalue weighted by Crippen LogP contribution is 2.33. The second kappa shape index (κ2) is 19.3. The molecule has 4 heterocycles. The topological polar surface area (TPSA) is 345 Å². The van der Waals surface area contributed by atoms with E-state index < -0.39 is 78.0 Å². The molecular formula is C41H49N9O14. The van der Waals surface area contributed by atoms with Gasteiger partial charge in [-0.3, -0.25) is 24.1 Å². The predicted molar refractivity (Wildman–Crippen MR) is 223 cm³/mol. The van der Waals surface area contributed by atoms with Crippen molar-refractivity contribution in [3.8, 4) is 5.75 Å². The average Bonchev–Trinajstić information content (AvgIpc) is 3.77. The second-order valence-electron chi connectivity index (χ2n) is 15.6. The van der Waals surface area contributed by atoms with Gasteiger partial charge in [-0.25, -0.2) is 19.6 Å². The van der Waals surface area contributed by atoms with Gasteiger partial charge in [-0.05, 0) is 44.5 Å². The van der Waals surface area contributed by atoms with E-state index in [1.807, 2.05) is 18.2 Å². The summed E-state index contributed by atoms with van der Waals surface area (Å²) >= 11 is 0. The number of carbonyl (C=O) groups excluding carboxylic acids is 5. The molecule has 2 aliphatic rings. The zero-order valence-corrected chi connectivity index (χ0v) is 34.9. The Kier molecular flexibility index (Phi) is 14.1. The first-order chi connectivity index (χ1) is 30.3. The fourth-order valence-electron chi connectivity index (χ4n) is 7.12. The Bertz CT molecular complexity index is 2470. The first-order valence-corrected chi connectivity index (χ1v) is 20.0. The molecule has 2 aromatic carbocycles. The Hall–Kier alpha value is -6.76. The van der Waals surface area contributed by atoms with Crippen molar-refractivity contribution in [2.45, 2.75) is 89.2 Å². The largest absolute Gasteiger partial charge is 0.479 e. The van der Waals surface area contributed by atoms with E-state index in [-0.39, 0.29) is 63.0 Å². The number of anilines is 2. The summed E-state index contributed by atoms with van der Waals surface area (Å²) in [6.07, 6.45) is -8.96. The van der Waals surface area contributed by atoms with Crippen LogP contribution in [0.3, 0.4) is 0 Å². The minimum Gasteiger partial charge on any atom is -0.479 e. The van der Waals surface area contributed by atoms with Gasteiger partial charge in [0.25, 0.3) is 11.8 Å². The maximum Gasteiger partial charge on any atom is 0.410 e. The number of imide groups is 1. The van der Waals surface area contributed by atoms with Crippen molar-refractivity contribution in [3.63, 3.8) is 0 Å². The number of imidazole rings is 1. The molecule has 1 saturated heterocycles. The molecule has 23 heteroatoms. The van der Waals surface area contributed by atoms with Crippen molar-refractivity contribution in [1.29, 1.82) is 0 Å². The number of amides is 5. The number of hydrogen-bond donors (Lipinski definition) is 9. The molecule has 0 radical (unpaired) electrons. The SMILES string of the molecule is CCN(Cc1nc2c(N)nc3ccccc3c2n1CC(C)(C)O)C(=O)OCc1ccc(O[C@@H]2O[C@H](C(=O)O)[C@@H](O)[C@H](O)[C@H]2O)c(NC(=O)CCNC(=O)[C@H](CN)N2C(=O)C=CC2=O)c1. The van der Waals surface area contributed by atoms with Gasteiger partial charge in [0.15, 0.2) is 11.9 Å². The molecule has 0 unspecified atom stereocenters. The number of carboxylic acids is 1. The molecule has 6 atom stereocenters. The number of nitrogens with two attached hydrogens (primary N) is 2. The summed E-state index contributed by atoms with van der Waals surface area (Å²) in [5.41, 5.74) is 12.6. The molecular weight excluding hydrogens is 842 g/mol. The zero-order valence-electron chi connectivity index (χ0n) is 34.9. The van der Waals surface area contributed by atoms with Crippen LogP contribution in [0.25, 0.3) is 21.9 Å². The van der Waals surface area contributed by atoms with Crippen molar-refractivity contribution in [2.24, 2.45) is 5.73 Å². The van der Waals surface area contributed by atoms with Crippen LogP contribution in [0.2, 0.25) is 0 Å². The van der Waals surface area contributed by atoms with E-state index in [0.717, 1.165) is 17.5 Å². The van der Waals surface area contributed by atoms with Crippen LogP contribution in [-0.2, 0) is 53.1 Å². The van der Waals surface area contributed by atoms with Crippen LogP contribution in [-0.4, -0.2) is 148 Å². The van der Waals surface area contributed by atoms with Gasteiger partial charge in [0.2, 0.25) is 18.1 Å². The number of carbonyl (C=O) groups is 6. The van der Waals surface area contributed by atoms with Crippen LogP contribution >= 0.6 is 0 Å². The Morgan fingerprint density at radius 3 is 2.38 bits per heavy atom. The number of nitrogen functional groups attached to an aromatic ring is 1. The smallest absolute Gasteiger partial charge is 0.410 e. The molecule has 0 spiro atoms. The van der Waals surface area contributed by atoms with Gasteiger partial charge in [0.05, 0.1) is 35.4 Å². The quantitative estimate of drug-likeness (QED) is 0.0578. The number of hydrogen-bond acceptors (Lipinski definition) is 17. The molecule has 11 N–H and O–H groups in total. The van der Waals surface area contributed by atoms with E-state index in [1.54, 1.807) is 31.4 Å². The maximum atomic E-state index is 13.6. The summed E-state index contributed by atoms with van der Waals surface area (Å²) in [5, 5.41) is 57.3. The Morgan fingerprint density at radius 2 is 1.72 bits per heavy atom. The highest BCUT2D eigenvalue weighted by molar-refractivity contribution is 6.15. The molecule has 0 saturated carbocycles. The van der Waals surface area contributed by atoms with Crippen molar-refractivity contribution in [2.75, 3.05) is 30.7 Å². The van der Waals surface area contributed by atoms with Crippen molar-refractivity contribution in [1.82, 2.24) is 29.7 Å². The van der Waals surface area contributed by atoms with E-state index >= 15 is 0 Å². The summed E-state index contributed by atoms with van der Waals surface area (Å²) in [7, 11) is 0. The summed E-state index contributed by atoms with van der Waals surface area (Å²) < 4.78 is 18.5. The number of aliphatic carboxylic acids is 1. The monoisotopic (exact) mass is 891 g/mol. The molecule has 1 fully saturated rings. The van der Waals surface area contributed by atoms with E-state index in [2.05, 4.69) is 15.6 Å². The lowest BCUT2D eigenvalue weighted by atomic mass is 9.99. The minimum atomic E-state index is -2.01. The van der Waals surface area contributed by atoms with Crippen molar-refractivity contribution < 1.29 is 68.5 Å². The fourth-order valence-corrected chi connectivity index (χ4v) is 7.12. The number of carboxylic acid groups (broad SMARTS) is 1. The van der Waals surface area contributed by atoms with Gasteiger partial charge in [-0.1, -0.05) is 24.3 Å². The van der Waals surface area contributed by atoms with E-state index in [4.69, 9.17) is 30.7 Å². The molecule has 6 rings (SSSR count). The molecule has 5 amide bonds. The maximum absolute atomic E-state index is 13.6. The Morgan fingerprint density at radius 1 is 1.02 bits per heavy atom. The van der Waals surface area contributed by atoms with Crippen LogP contribution in [0.5, 0.6) is 5.75 Å². The number of nitrogens with one attached hydrogen (secondary N) is 2. The molecule has 2 aromatic heterocycles. The van der Waals surface area contributed by atoms with Crippen molar-refractivity contribution >= 4 is 69.1 Å². The minimum absolute atomic E-state index is 0.0619. The lowest BCUT2D eigenvalue weighted by molar-refractivity contribution is -0.271. The van der Waals surface area contributed by atoms with E-state index in [9.17, 15) is 54.3 Å². The Labute approximate surface area is 364 Å². The lowest BCUT2D eigenvalue weighted by Crippen LogP contribution is -2.61. The van der Waals surface area contributed by atoms with Crippen LogP contribution < -0.4 is 26.8 Å². The number of para-hydroxylation sites is 1. The van der Waals surface area contributed by atoms with E-state index in [0.29, 0.717) is 32.8 Å². The number of aliphatic hydroxyl groups is 4. The first kappa shape index (κ1) is 46.7. The third-order valence-corrected chi connectivity index (χ3v) is 10.3. The van der Waals surface area contributed by atoms with Crippen molar-refractivity contribution in [3.05, 3.63) is 66.0 Å². The van der Waals surface area contributed by atoms with Crippen LogP contribution in [0.15, 0.2) is 54.6 Å². The standard InChI is InChI=1S/C41H49N9O14/c1-4-48(17-26-47-30-31(49(26)19-41(2,3)61)21-7-5-6-8-22(21)46-36(30)43)40(60)62-18-20-9-10-25(63-39-34(56)32(54)33(55)35(64-39)38(58)59)23(15-20)45-27(51)13-14-44-37(57)24(16-42)50-28(52)11-12-29(50)53/h5-12,15,24,32-35,39,54-56,61H,4,13-14,16-19,42H2,1-3H3,(H2,43,46)(H,44,57)(H,45,51)(H,58,59)/t24-,32-,33-,34+,35-,39+/m0/s1. The highest BCUT2D eigenvalue weighted by atomic mass is 16.7. The molecule has 23 nitrogen and oxygen atoms in total. The summed E-state index contributed by atoms with van der Waals surface area (Å²) in [6, 6.07) is 10.0. The number of aliphatic hydroxyl groups excluding tert-OH is 3. The molecule has 0 bridgehead atoms. The van der Waals surface area contributed by atoms with E-state index in [1.165, 1.54) is 23.1 Å². The van der Waals surface area contributed by atoms with Gasteiger partial charge < -0.3 is 71.3 Å². The molecule has 2 aliphatic heterocycles. The van der Waals surface area contributed by atoms with Crippen LogP contribution in [0.4, 0.5) is 16.3 Å². The number of pyridine rings is 1. The third kappa shape index (κ3) is 10.2. The number of benzene rings is 2. The van der Waals surface area contributed by atoms with Gasteiger partial charge in [-0.2, -0.15) is 0 Å². The first-order valence-electron chi connectivity index (χ1n) is 20.0. The molecule has 342 valence electrons. The summed E-state index contributed by atoms with van der Waals surface area (Å²) in [6.45, 7) is 4.16. The van der Waals surface area contributed by atoms with Gasteiger partial charge in [-0.15, -0.1) is 0 Å². The Balaban J connectivity index is 1.20. The zero-order chi connectivity index (χ0) is 46.6. The second-order valence-corrected chi connectivity index (χ2v) is 15.6. The van der Waals surface area contributed by atoms with Gasteiger partial charge >= 0.3 is 12.1 Å². The number of aromatic nitrogens is 3. The number of ether oxygens (including phenoxy) is 3. The van der Waals surface area contributed by atoms with Crippen LogP contribution in [0, 0.1) is 0 Å². The number of nitrogens with zero attached hydrogens (tertiary/aromatic N) is 5. The molecule has 0 aliphatic carbocycles. The number of rotatable bonds is 17. The summed E-state index contributed by atoms with van der Waals surface area (Å²) in [4.78, 5) is 86.9. The van der Waals surface area contributed by atoms with Gasteiger partial charge in [0.1, 0.15) is 48.1 Å². The predicted octanol–water partition coefficient (Wildman–Crippen LogP) is -0.936. The fraction of sp³-hybridized carbons (Fsp3) is 0.415. The van der Waals surface area contributed by atoms with Crippen LogP contribution in [0.1, 0.15) is 38.6 Å². The summed E-state index contributed by atoms with van der Waals surface area (Å²) in [5.74, 6) is -4.28. The number of fused-ring (bicyclic) bond motifs is 3. The average molecular weight is 892 g/mol. The molecule has 4 aromatic rings. The third-order valence-electron chi connectivity index (χ3n) is 10.3. The normalized spacial score (nSPS) is 20.4. The highest BCUT2D eigenvalue weighted by Gasteiger charge is 2.48.